The van der Waals surface area contributed by atoms with Crippen LogP contribution in [0.5, 0.6) is 5.75 Å². The summed E-state index contributed by atoms with van der Waals surface area (Å²) in [6.45, 7) is 3.36. The summed E-state index contributed by atoms with van der Waals surface area (Å²) >= 11 is 0. The van der Waals surface area contributed by atoms with E-state index < -0.39 is 5.41 Å². The number of hydrogen-bond donors (Lipinski definition) is 1. The number of benzene rings is 1. The van der Waals surface area contributed by atoms with Crippen molar-refractivity contribution in [2.45, 2.75) is 25.7 Å². The molecule has 1 aromatic carbocycles. The molecule has 1 N–H and O–H groups in total. The summed E-state index contributed by atoms with van der Waals surface area (Å²) in [5, 5.41) is 3.26. The van der Waals surface area contributed by atoms with Crippen molar-refractivity contribution < 1.29 is 14.3 Å². The van der Waals surface area contributed by atoms with Crippen LogP contribution in [0.4, 0.5) is 5.82 Å². The SMILES string of the molecule is COc1cccc(C(=O)N2CCC[C@]3(C(=O)NCC4CC4)CN(c4ccccn4)C[C@@H]3C2)c1. The number of aromatic nitrogens is 1. The van der Waals surface area contributed by atoms with E-state index in [1.807, 2.05) is 41.3 Å². The van der Waals surface area contributed by atoms with E-state index in [0.29, 0.717) is 36.9 Å². The van der Waals surface area contributed by atoms with Crippen LogP contribution in [0.15, 0.2) is 48.7 Å². The number of likely N-dealkylation sites (tertiary alicyclic amines) is 1. The van der Waals surface area contributed by atoms with Gasteiger partial charge in [0.2, 0.25) is 5.91 Å². The largest absolute Gasteiger partial charge is 0.497 e. The summed E-state index contributed by atoms with van der Waals surface area (Å²) in [6, 6.07) is 13.2. The molecule has 1 saturated carbocycles. The number of carbonyl (C=O) groups is 2. The lowest BCUT2D eigenvalue weighted by molar-refractivity contribution is -0.132. The molecule has 3 fully saturated rings. The van der Waals surface area contributed by atoms with E-state index in [0.717, 1.165) is 31.7 Å². The Morgan fingerprint density at radius 1 is 1.18 bits per heavy atom. The van der Waals surface area contributed by atoms with Gasteiger partial charge in [0.25, 0.3) is 5.91 Å². The Kier molecular flexibility index (Phi) is 5.96. The van der Waals surface area contributed by atoms with Gasteiger partial charge in [0.05, 0.1) is 12.5 Å². The predicted molar refractivity (Wildman–Crippen MR) is 126 cm³/mol. The fraction of sp³-hybridized carbons (Fsp3) is 0.500. The molecule has 33 heavy (non-hydrogen) atoms. The molecular weight excluding hydrogens is 416 g/mol. The third-order valence-corrected chi connectivity index (χ3v) is 7.46. The lowest BCUT2D eigenvalue weighted by Gasteiger charge is -2.32. The van der Waals surface area contributed by atoms with Gasteiger partial charge < -0.3 is 19.9 Å². The molecule has 2 aromatic rings. The van der Waals surface area contributed by atoms with E-state index in [2.05, 4.69) is 15.2 Å². The zero-order chi connectivity index (χ0) is 22.8. The Bertz CT molecular complexity index is 1010. The van der Waals surface area contributed by atoms with Gasteiger partial charge >= 0.3 is 0 Å². The number of anilines is 1. The van der Waals surface area contributed by atoms with Gasteiger partial charge in [-0.25, -0.2) is 4.98 Å². The second kappa shape index (κ2) is 9.04. The molecule has 5 rings (SSSR count). The molecule has 0 radical (unpaired) electrons. The minimum absolute atomic E-state index is 0.000579. The first-order valence-electron chi connectivity index (χ1n) is 12.0. The van der Waals surface area contributed by atoms with E-state index >= 15 is 0 Å². The van der Waals surface area contributed by atoms with Gasteiger partial charge in [-0.15, -0.1) is 0 Å². The standard InChI is InChI=1S/C26H32N4O3/c1-33-22-7-4-6-20(14-22)24(31)29-13-5-11-26(25(32)28-15-19-9-10-19)18-30(17-21(26)16-29)23-8-2-3-12-27-23/h2-4,6-8,12,14,19,21H,5,9-11,13,15-18H2,1H3,(H,28,32)/t21-,26-/m0/s1. The summed E-state index contributed by atoms with van der Waals surface area (Å²) in [4.78, 5) is 35.7. The molecule has 7 heteroatoms. The van der Waals surface area contributed by atoms with E-state index in [-0.39, 0.29) is 17.7 Å². The maximum Gasteiger partial charge on any atom is 0.253 e. The molecule has 7 nitrogen and oxygen atoms in total. The van der Waals surface area contributed by atoms with Crippen molar-refractivity contribution in [2.24, 2.45) is 17.3 Å². The summed E-state index contributed by atoms with van der Waals surface area (Å²) in [7, 11) is 1.61. The molecule has 174 valence electrons. The van der Waals surface area contributed by atoms with E-state index in [1.54, 1.807) is 19.4 Å². The number of carbonyl (C=O) groups excluding carboxylic acids is 2. The van der Waals surface area contributed by atoms with E-state index in [1.165, 1.54) is 12.8 Å². The number of amides is 2. The lowest BCUT2D eigenvalue weighted by Crippen LogP contribution is -2.48. The molecule has 3 heterocycles. The summed E-state index contributed by atoms with van der Waals surface area (Å²) in [6.07, 6.45) is 5.79. The topological polar surface area (TPSA) is 74.8 Å². The maximum atomic E-state index is 13.6. The summed E-state index contributed by atoms with van der Waals surface area (Å²) < 4.78 is 5.31. The second-order valence-corrected chi connectivity index (χ2v) is 9.66. The minimum Gasteiger partial charge on any atom is -0.497 e. The molecule has 2 atom stereocenters. The highest BCUT2D eigenvalue weighted by molar-refractivity contribution is 5.95. The molecule has 2 saturated heterocycles. The van der Waals surface area contributed by atoms with Crippen molar-refractivity contribution in [1.82, 2.24) is 15.2 Å². The van der Waals surface area contributed by atoms with Crippen LogP contribution < -0.4 is 15.0 Å². The first-order chi connectivity index (χ1) is 16.1. The lowest BCUT2D eigenvalue weighted by atomic mass is 9.74. The molecule has 0 unspecified atom stereocenters. The minimum atomic E-state index is -0.504. The number of nitrogens with one attached hydrogen (secondary N) is 1. The Hall–Kier alpha value is -3.09. The molecular formula is C26H32N4O3. The number of fused-ring (bicyclic) bond motifs is 1. The molecule has 0 bridgehead atoms. The van der Waals surface area contributed by atoms with Crippen LogP contribution in [0.1, 0.15) is 36.0 Å². The van der Waals surface area contributed by atoms with Gasteiger partial charge in [-0.2, -0.15) is 0 Å². The maximum absolute atomic E-state index is 13.6. The number of nitrogens with zero attached hydrogens (tertiary/aromatic N) is 3. The van der Waals surface area contributed by atoms with Gasteiger partial charge in [-0.3, -0.25) is 9.59 Å². The highest BCUT2D eigenvalue weighted by Crippen LogP contribution is 2.44. The Morgan fingerprint density at radius 2 is 2.06 bits per heavy atom. The van der Waals surface area contributed by atoms with Crippen molar-refractivity contribution in [2.75, 3.05) is 44.7 Å². The summed E-state index contributed by atoms with van der Waals surface area (Å²) in [5.41, 5.74) is 0.120. The molecule has 1 aromatic heterocycles. The van der Waals surface area contributed by atoms with Gasteiger partial charge in [0.1, 0.15) is 11.6 Å². The van der Waals surface area contributed by atoms with E-state index in [4.69, 9.17) is 4.74 Å². The van der Waals surface area contributed by atoms with Crippen LogP contribution in [0, 0.1) is 17.3 Å². The van der Waals surface area contributed by atoms with Gasteiger partial charge in [0.15, 0.2) is 0 Å². The fourth-order valence-electron chi connectivity index (χ4n) is 5.38. The molecule has 2 amide bonds. The van der Waals surface area contributed by atoms with Crippen LogP contribution in [0.25, 0.3) is 0 Å². The molecule has 1 aliphatic carbocycles. The van der Waals surface area contributed by atoms with Crippen LogP contribution in [-0.2, 0) is 4.79 Å². The molecule has 0 spiro atoms. The molecule has 3 aliphatic rings. The average Bonchev–Trinajstić information content (AvgIpc) is 3.65. The van der Waals surface area contributed by atoms with Gasteiger partial charge in [-0.05, 0) is 61.9 Å². The number of hydrogen-bond acceptors (Lipinski definition) is 5. The summed E-state index contributed by atoms with van der Waals surface area (Å²) in [5.74, 6) is 2.40. The monoisotopic (exact) mass is 448 g/mol. The van der Waals surface area contributed by atoms with Crippen LogP contribution in [0.2, 0.25) is 0 Å². The molecule has 2 aliphatic heterocycles. The first-order valence-corrected chi connectivity index (χ1v) is 12.0. The quantitative estimate of drug-likeness (QED) is 0.736. The van der Waals surface area contributed by atoms with Crippen LogP contribution in [0.3, 0.4) is 0 Å². The van der Waals surface area contributed by atoms with Crippen molar-refractivity contribution in [3.05, 3.63) is 54.2 Å². The van der Waals surface area contributed by atoms with Crippen LogP contribution >= 0.6 is 0 Å². The number of pyridine rings is 1. The normalized spacial score (nSPS) is 24.7. The Balaban J connectivity index is 1.40. The third-order valence-electron chi connectivity index (χ3n) is 7.46. The number of rotatable bonds is 6. The van der Waals surface area contributed by atoms with Crippen LogP contribution in [-0.4, -0.2) is 61.5 Å². The Labute approximate surface area is 195 Å². The van der Waals surface area contributed by atoms with Gasteiger partial charge in [0, 0.05) is 50.4 Å². The van der Waals surface area contributed by atoms with Crippen molar-refractivity contribution >= 4 is 17.6 Å². The van der Waals surface area contributed by atoms with Crippen molar-refractivity contribution in [3.8, 4) is 5.75 Å². The van der Waals surface area contributed by atoms with Gasteiger partial charge in [-0.1, -0.05) is 12.1 Å². The van der Waals surface area contributed by atoms with E-state index in [9.17, 15) is 9.59 Å². The zero-order valence-corrected chi connectivity index (χ0v) is 19.2. The number of ether oxygens (including phenoxy) is 1. The van der Waals surface area contributed by atoms with Crippen molar-refractivity contribution in [3.63, 3.8) is 0 Å². The predicted octanol–water partition coefficient (Wildman–Crippen LogP) is 2.98. The smallest absolute Gasteiger partial charge is 0.253 e. The number of methoxy groups -OCH3 is 1. The highest BCUT2D eigenvalue weighted by atomic mass is 16.5. The fourth-order valence-corrected chi connectivity index (χ4v) is 5.38. The first kappa shape index (κ1) is 21.7. The zero-order valence-electron chi connectivity index (χ0n) is 19.2. The third kappa shape index (κ3) is 4.41. The highest BCUT2D eigenvalue weighted by Gasteiger charge is 2.53. The average molecular weight is 449 g/mol. The second-order valence-electron chi connectivity index (χ2n) is 9.66. The van der Waals surface area contributed by atoms with Crippen molar-refractivity contribution in [1.29, 1.82) is 0 Å². The Morgan fingerprint density at radius 3 is 2.82 bits per heavy atom.